The zero-order valence-electron chi connectivity index (χ0n) is 12.3. The van der Waals surface area contributed by atoms with E-state index in [1.165, 1.54) is 43.4 Å². The minimum atomic E-state index is -4.28. The molecular formula is C17H22F3N. The Morgan fingerprint density at radius 3 is 2.71 bits per heavy atom. The molecule has 0 saturated carbocycles. The zero-order valence-corrected chi connectivity index (χ0v) is 12.3. The normalized spacial score (nSPS) is 17.4. The van der Waals surface area contributed by atoms with Crippen molar-refractivity contribution in [3.8, 4) is 0 Å². The molecule has 1 aliphatic rings. The fourth-order valence-corrected chi connectivity index (χ4v) is 2.68. The van der Waals surface area contributed by atoms with Crippen molar-refractivity contribution in [2.24, 2.45) is 0 Å². The first-order valence-corrected chi connectivity index (χ1v) is 7.55. The number of hydrogen-bond acceptors (Lipinski definition) is 1. The van der Waals surface area contributed by atoms with Crippen molar-refractivity contribution in [2.75, 3.05) is 6.54 Å². The van der Waals surface area contributed by atoms with E-state index in [-0.39, 0.29) is 6.04 Å². The molecule has 0 aromatic heterocycles. The van der Waals surface area contributed by atoms with E-state index in [1.54, 1.807) is 6.07 Å². The van der Waals surface area contributed by atoms with E-state index in [2.05, 4.69) is 11.4 Å². The van der Waals surface area contributed by atoms with Crippen LogP contribution in [0, 0.1) is 0 Å². The SMILES string of the molecule is CC(NCCC1=CCCCC1)c1cccc(C(F)(F)F)c1. The standard InChI is InChI=1S/C17H22F3N/c1-13(21-11-10-14-6-3-2-4-7-14)15-8-5-9-16(12-15)17(18,19)20/h5-6,8-9,12-13,21H,2-4,7,10-11H2,1H3. The lowest BCUT2D eigenvalue weighted by atomic mass is 9.97. The molecule has 1 unspecified atom stereocenters. The average Bonchev–Trinajstić information content (AvgIpc) is 2.47. The van der Waals surface area contributed by atoms with Crippen molar-refractivity contribution >= 4 is 0 Å². The summed E-state index contributed by atoms with van der Waals surface area (Å²) in [6.45, 7) is 2.72. The molecular weight excluding hydrogens is 275 g/mol. The zero-order chi connectivity index (χ0) is 15.3. The van der Waals surface area contributed by atoms with Crippen molar-refractivity contribution in [2.45, 2.75) is 51.2 Å². The second-order valence-corrected chi connectivity index (χ2v) is 5.66. The van der Waals surface area contributed by atoms with Crippen LogP contribution in [0.2, 0.25) is 0 Å². The van der Waals surface area contributed by atoms with Crippen LogP contribution in [0.25, 0.3) is 0 Å². The van der Waals surface area contributed by atoms with Crippen LogP contribution in [0.4, 0.5) is 13.2 Å². The summed E-state index contributed by atoms with van der Waals surface area (Å²) in [4.78, 5) is 0. The van der Waals surface area contributed by atoms with Gasteiger partial charge >= 0.3 is 6.18 Å². The highest BCUT2D eigenvalue weighted by molar-refractivity contribution is 5.27. The minimum Gasteiger partial charge on any atom is -0.310 e. The molecule has 1 aliphatic carbocycles. The molecule has 1 aromatic rings. The van der Waals surface area contributed by atoms with E-state index in [4.69, 9.17) is 0 Å². The number of halogens is 3. The van der Waals surface area contributed by atoms with Gasteiger partial charge in [0.2, 0.25) is 0 Å². The predicted octanol–water partition coefficient (Wildman–Crippen LogP) is 5.25. The number of alkyl halides is 3. The topological polar surface area (TPSA) is 12.0 Å². The van der Waals surface area contributed by atoms with Crippen molar-refractivity contribution in [3.05, 3.63) is 47.0 Å². The Morgan fingerprint density at radius 1 is 1.24 bits per heavy atom. The number of nitrogens with one attached hydrogen (secondary N) is 1. The summed E-state index contributed by atoms with van der Waals surface area (Å²) < 4.78 is 38.1. The molecule has 0 bridgehead atoms. The Hall–Kier alpha value is -1.29. The Labute approximate surface area is 124 Å². The fraction of sp³-hybridized carbons (Fsp3) is 0.529. The lowest BCUT2D eigenvalue weighted by molar-refractivity contribution is -0.137. The second kappa shape index (κ2) is 7.12. The van der Waals surface area contributed by atoms with Crippen molar-refractivity contribution in [1.82, 2.24) is 5.32 Å². The average molecular weight is 297 g/mol. The Balaban J connectivity index is 1.88. The smallest absolute Gasteiger partial charge is 0.310 e. The maximum absolute atomic E-state index is 12.7. The molecule has 0 aliphatic heterocycles. The summed E-state index contributed by atoms with van der Waals surface area (Å²) >= 11 is 0. The molecule has 4 heteroatoms. The van der Waals surface area contributed by atoms with Crippen LogP contribution < -0.4 is 5.32 Å². The summed E-state index contributed by atoms with van der Waals surface area (Å²) in [7, 11) is 0. The van der Waals surface area contributed by atoms with Gasteiger partial charge in [0, 0.05) is 6.04 Å². The van der Waals surface area contributed by atoms with Crippen molar-refractivity contribution in [3.63, 3.8) is 0 Å². The van der Waals surface area contributed by atoms with E-state index in [1.807, 2.05) is 6.92 Å². The molecule has 0 amide bonds. The van der Waals surface area contributed by atoms with Gasteiger partial charge in [0.05, 0.1) is 5.56 Å². The second-order valence-electron chi connectivity index (χ2n) is 5.66. The molecule has 0 heterocycles. The van der Waals surface area contributed by atoms with Crippen LogP contribution in [-0.4, -0.2) is 6.54 Å². The quantitative estimate of drug-likeness (QED) is 0.732. The third-order valence-electron chi connectivity index (χ3n) is 4.00. The Bertz CT molecular complexity index is 491. The first-order chi connectivity index (χ1) is 9.97. The summed E-state index contributed by atoms with van der Waals surface area (Å²) in [6.07, 6.45) is 3.89. The van der Waals surface area contributed by atoms with Crippen LogP contribution in [0.15, 0.2) is 35.9 Å². The summed E-state index contributed by atoms with van der Waals surface area (Å²) in [5.74, 6) is 0. The predicted molar refractivity (Wildman–Crippen MR) is 79.0 cm³/mol. The van der Waals surface area contributed by atoms with E-state index in [9.17, 15) is 13.2 Å². The number of benzene rings is 1. The van der Waals surface area contributed by atoms with Crippen LogP contribution in [0.1, 0.15) is 56.2 Å². The Kier molecular flexibility index (Phi) is 5.45. The van der Waals surface area contributed by atoms with Gasteiger partial charge in [-0.3, -0.25) is 0 Å². The van der Waals surface area contributed by atoms with Crippen LogP contribution in [-0.2, 0) is 6.18 Å². The van der Waals surface area contributed by atoms with Gasteiger partial charge in [-0.1, -0.05) is 23.8 Å². The van der Waals surface area contributed by atoms with E-state index in [0.717, 1.165) is 19.0 Å². The van der Waals surface area contributed by atoms with Gasteiger partial charge in [0.25, 0.3) is 0 Å². The van der Waals surface area contributed by atoms with Crippen molar-refractivity contribution in [1.29, 1.82) is 0 Å². The lowest BCUT2D eigenvalue weighted by Gasteiger charge is -2.18. The lowest BCUT2D eigenvalue weighted by Crippen LogP contribution is -2.21. The minimum absolute atomic E-state index is 0.0727. The summed E-state index contributed by atoms with van der Waals surface area (Å²) in [5, 5.41) is 3.32. The largest absolute Gasteiger partial charge is 0.416 e. The highest BCUT2D eigenvalue weighted by Crippen LogP contribution is 2.30. The highest BCUT2D eigenvalue weighted by atomic mass is 19.4. The molecule has 1 nitrogen and oxygen atoms in total. The van der Waals surface area contributed by atoms with E-state index in [0.29, 0.717) is 5.56 Å². The summed E-state index contributed by atoms with van der Waals surface area (Å²) in [6, 6.07) is 5.49. The number of allylic oxidation sites excluding steroid dienone is 1. The van der Waals surface area contributed by atoms with Gasteiger partial charge in [0.1, 0.15) is 0 Å². The molecule has 0 fully saturated rings. The van der Waals surface area contributed by atoms with Gasteiger partial charge in [-0.2, -0.15) is 13.2 Å². The van der Waals surface area contributed by atoms with Gasteiger partial charge in [-0.05, 0) is 63.3 Å². The molecule has 21 heavy (non-hydrogen) atoms. The van der Waals surface area contributed by atoms with E-state index >= 15 is 0 Å². The van der Waals surface area contributed by atoms with Gasteiger partial charge in [-0.15, -0.1) is 0 Å². The third kappa shape index (κ3) is 4.88. The summed E-state index contributed by atoms with van der Waals surface area (Å²) in [5.41, 5.74) is 1.58. The molecule has 1 atom stereocenters. The van der Waals surface area contributed by atoms with Crippen LogP contribution in [0.3, 0.4) is 0 Å². The first kappa shape index (κ1) is 16.1. The molecule has 116 valence electrons. The first-order valence-electron chi connectivity index (χ1n) is 7.55. The molecule has 1 N–H and O–H groups in total. The third-order valence-corrected chi connectivity index (χ3v) is 4.00. The molecule has 0 radical (unpaired) electrons. The van der Waals surface area contributed by atoms with Gasteiger partial charge in [0.15, 0.2) is 0 Å². The highest BCUT2D eigenvalue weighted by Gasteiger charge is 2.30. The molecule has 0 spiro atoms. The molecule has 2 rings (SSSR count). The fourth-order valence-electron chi connectivity index (χ4n) is 2.68. The maximum Gasteiger partial charge on any atom is 0.416 e. The van der Waals surface area contributed by atoms with Crippen molar-refractivity contribution < 1.29 is 13.2 Å². The molecule has 1 aromatic carbocycles. The van der Waals surface area contributed by atoms with Crippen LogP contribution in [0.5, 0.6) is 0 Å². The van der Waals surface area contributed by atoms with Gasteiger partial charge in [-0.25, -0.2) is 0 Å². The number of rotatable bonds is 5. The Morgan fingerprint density at radius 2 is 2.05 bits per heavy atom. The molecule has 0 saturated heterocycles. The van der Waals surface area contributed by atoms with E-state index < -0.39 is 11.7 Å². The van der Waals surface area contributed by atoms with Crippen LogP contribution >= 0.6 is 0 Å². The maximum atomic E-state index is 12.7. The monoisotopic (exact) mass is 297 g/mol. The van der Waals surface area contributed by atoms with Gasteiger partial charge < -0.3 is 5.32 Å². The number of hydrogen-bond donors (Lipinski definition) is 1.